The molecule has 0 aliphatic carbocycles. The molecule has 0 fully saturated rings. The Morgan fingerprint density at radius 3 is 2.60 bits per heavy atom. The normalized spacial score (nSPS) is 11.7. The van der Waals surface area contributed by atoms with E-state index < -0.39 is 17.6 Å². The number of halogens is 4. The Bertz CT molecular complexity index is 611. The van der Waals surface area contributed by atoms with E-state index in [1.54, 1.807) is 13.1 Å². The zero-order chi connectivity index (χ0) is 14.8. The van der Waals surface area contributed by atoms with Crippen molar-refractivity contribution < 1.29 is 17.6 Å². The number of aromatic nitrogens is 2. The second-order valence-electron chi connectivity index (χ2n) is 4.09. The summed E-state index contributed by atoms with van der Waals surface area (Å²) in [5.74, 6) is -0.916. The van der Waals surface area contributed by atoms with Crippen molar-refractivity contribution in [1.29, 1.82) is 0 Å². The molecule has 2 aromatic rings. The smallest absolute Gasteiger partial charge is 0.314 e. The Labute approximate surface area is 112 Å². The molecular formula is C13H11F4N3. The quantitative estimate of drug-likeness (QED) is 0.881. The van der Waals surface area contributed by atoms with Gasteiger partial charge < -0.3 is 5.32 Å². The molecule has 3 nitrogen and oxygen atoms in total. The number of alkyl halides is 3. The maximum Gasteiger partial charge on any atom is 0.417 e. The number of benzene rings is 1. The lowest BCUT2D eigenvalue weighted by molar-refractivity contribution is -0.137. The van der Waals surface area contributed by atoms with Crippen LogP contribution < -0.4 is 5.32 Å². The average molecular weight is 285 g/mol. The highest BCUT2D eigenvalue weighted by molar-refractivity contribution is 5.61. The first-order chi connectivity index (χ1) is 9.41. The maximum absolute atomic E-state index is 13.2. The summed E-state index contributed by atoms with van der Waals surface area (Å²) >= 11 is 0. The lowest BCUT2D eigenvalue weighted by Gasteiger charge is -2.12. The lowest BCUT2D eigenvalue weighted by atomic mass is 10.1. The number of rotatable bonds is 3. The molecular weight excluding hydrogens is 274 g/mol. The van der Waals surface area contributed by atoms with E-state index >= 15 is 0 Å². The number of nitrogens with zero attached hydrogens (tertiary/aromatic N) is 2. The fraction of sp³-hybridized carbons (Fsp3) is 0.231. The fourth-order valence-corrected chi connectivity index (χ4v) is 1.75. The minimum Gasteiger partial charge on any atom is -0.314 e. The third-order valence-corrected chi connectivity index (χ3v) is 2.60. The summed E-state index contributed by atoms with van der Waals surface area (Å²) < 4.78 is 52.0. The van der Waals surface area contributed by atoms with Gasteiger partial charge >= 0.3 is 6.18 Å². The van der Waals surface area contributed by atoms with Crippen molar-refractivity contribution >= 4 is 0 Å². The molecule has 7 heteroatoms. The number of nitrogens with one attached hydrogen (secondary N) is 1. The molecule has 1 aromatic heterocycles. The van der Waals surface area contributed by atoms with Crippen LogP contribution in [0.25, 0.3) is 11.4 Å². The van der Waals surface area contributed by atoms with Gasteiger partial charge in [-0.1, -0.05) is 0 Å². The van der Waals surface area contributed by atoms with Crippen LogP contribution in [-0.4, -0.2) is 17.0 Å². The predicted octanol–water partition coefficient (Wildman–Crippen LogP) is 3.02. The fourth-order valence-electron chi connectivity index (χ4n) is 1.75. The first-order valence-electron chi connectivity index (χ1n) is 5.75. The molecule has 0 saturated carbocycles. The zero-order valence-electron chi connectivity index (χ0n) is 10.5. The van der Waals surface area contributed by atoms with Gasteiger partial charge in [-0.2, -0.15) is 13.2 Å². The largest absolute Gasteiger partial charge is 0.417 e. The van der Waals surface area contributed by atoms with E-state index in [1.807, 2.05) is 0 Å². The zero-order valence-corrected chi connectivity index (χ0v) is 10.5. The second kappa shape index (κ2) is 5.54. The topological polar surface area (TPSA) is 37.8 Å². The monoisotopic (exact) mass is 285 g/mol. The summed E-state index contributed by atoms with van der Waals surface area (Å²) in [5.41, 5.74) is -0.800. The molecule has 20 heavy (non-hydrogen) atoms. The van der Waals surface area contributed by atoms with E-state index in [0.29, 0.717) is 18.3 Å². The lowest BCUT2D eigenvalue weighted by Crippen LogP contribution is -2.11. The van der Waals surface area contributed by atoms with Crippen LogP contribution in [0.15, 0.2) is 30.5 Å². The molecule has 0 radical (unpaired) electrons. The van der Waals surface area contributed by atoms with Crippen molar-refractivity contribution in [3.63, 3.8) is 0 Å². The molecule has 0 atom stereocenters. The van der Waals surface area contributed by atoms with Crippen molar-refractivity contribution in [2.75, 3.05) is 7.05 Å². The summed E-state index contributed by atoms with van der Waals surface area (Å²) in [7, 11) is 1.69. The van der Waals surface area contributed by atoms with Crippen molar-refractivity contribution in [1.82, 2.24) is 15.3 Å². The predicted molar refractivity (Wildman–Crippen MR) is 65.2 cm³/mol. The van der Waals surface area contributed by atoms with E-state index in [4.69, 9.17) is 0 Å². The van der Waals surface area contributed by atoms with E-state index in [0.717, 1.165) is 12.1 Å². The Hall–Kier alpha value is -2.02. The molecule has 0 spiro atoms. The summed E-state index contributed by atoms with van der Waals surface area (Å²) in [4.78, 5) is 7.81. The van der Waals surface area contributed by atoms with Crippen molar-refractivity contribution in [2.45, 2.75) is 12.7 Å². The number of hydrogen-bond donors (Lipinski definition) is 1. The minimum atomic E-state index is -4.59. The van der Waals surface area contributed by atoms with Gasteiger partial charge in [0.05, 0.1) is 11.3 Å². The average Bonchev–Trinajstić information content (AvgIpc) is 2.38. The third kappa shape index (κ3) is 3.11. The Morgan fingerprint density at radius 1 is 1.20 bits per heavy atom. The van der Waals surface area contributed by atoms with Crippen LogP contribution in [-0.2, 0) is 12.7 Å². The summed E-state index contributed by atoms with van der Waals surface area (Å²) in [6.45, 7) is 0.381. The molecule has 1 N–H and O–H groups in total. The molecule has 0 amide bonds. The molecule has 1 heterocycles. The van der Waals surface area contributed by atoms with Gasteiger partial charge in [0.25, 0.3) is 0 Å². The highest BCUT2D eigenvalue weighted by Crippen LogP contribution is 2.36. The third-order valence-electron chi connectivity index (χ3n) is 2.60. The molecule has 2 rings (SSSR count). The van der Waals surface area contributed by atoms with Gasteiger partial charge in [-0.05, 0) is 31.3 Å². The standard InChI is InChI=1S/C13H11F4N3/c1-18-7-9-4-5-19-12(20-9)10-6-8(14)2-3-11(10)13(15,16)17/h2-6,18H,7H2,1H3. The SMILES string of the molecule is CNCc1ccnc(-c2cc(F)ccc2C(F)(F)F)n1. The van der Waals surface area contributed by atoms with Crippen molar-refractivity contribution in [3.05, 3.63) is 47.5 Å². The van der Waals surface area contributed by atoms with Crippen LogP contribution in [0, 0.1) is 5.82 Å². The van der Waals surface area contributed by atoms with Crippen LogP contribution >= 0.6 is 0 Å². The Morgan fingerprint density at radius 2 is 1.95 bits per heavy atom. The Kier molecular flexibility index (Phi) is 3.99. The molecule has 0 aliphatic rings. The molecule has 0 bridgehead atoms. The first-order valence-corrected chi connectivity index (χ1v) is 5.75. The van der Waals surface area contributed by atoms with Crippen molar-refractivity contribution in [2.24, 2.45) is 0 Å². The molecule has 1 aromatic carbocycles. The van der Waals surface area contributed by atoms with E-state index in [-0.39, 0.29) is 11.4 Å². The first kappa shape index (κ1) is 14.4. The van der Waals surface area contributed by atoms with Crippen LogP contribution in [0.1, 0.15) is 11.3 Å². The van der Waals surface area contributed by atoms with Gasteiger partial charge in [-0.15, -0.1) is 0 Å². The highest BCUT2D eigenvalue weighted by atomic mass is 19.4. The molecule has 0 unspecified atom stereocenters. The van der Waals surface area contributed by atoms with Crippen LogP contribution in [0.2, 0.25) is 0 Å². The second-order valence-corrected chi connectivity index (χ2v) is 4.09. The van der Waals surface area contributed by atoms with Gasteiger partial charge in [-0.3, -0.25) is 0 Å². The van der Waals surface area contributed by atoms with Gasteiger partial charge in [0.1, 0.15) is 5.82 Å². The van der Waals surface area contributed by atoms with E-state index in [1.165, 1.54) is 6.20 Å². The van der Waals surface area contributed by atoms with Crippen molar-refractivity contribution in [3.8, 4) is 11.4 Å². The number of hydrogen-bond acceptors (Lipinski definition) is 3. The van der Waals surface area contributed by atoms with Crippen LogP contribution in [0.5, 0.6) is 0 Å². The molecule has 106 valence electrons. The molecule has 0 saturated heterocycles. The minimum absolute atomic E-state index is 0.149. The van der Waals surface area contributed by atoms with E-state index in [9.17, 15) is 17.6 Å². The van der Waals surface area contributed by atoms with Crippen LogP contribution in [0.3, 0.4) is 0 Å². The van der Waals surface area contributed by atoms with Gasteiger partial charge in [-0.25, -0.2) is 14.4 Å². The summed E-state index contributed by atoms with van der Waals surface area (Å²) in [6, 6.07) is 3.83. The van der Waals surface area contributed by atoms with Gasteiger partial charge in [0, 0.05) is 18.3 Å². The van der Waals surface area contributed by atoms with Gasteiger partial charge in [0.2, 0.25) is 0 Å². The summed E-state index contributed by atoms with van der Waals surface area (Å²) in [5, 5.41) is 2.83. The van der Waals surface area contributed by atoms with Gasteiger partial charge in [0.15, 0.2) is 5.82 Å². The molecule has 0 aliphatic heterocycles. The Balaban J connectivity index is 2.56. The maximum atomic E-state index is 13.2. The highest BCUT2D eigenvalue weighted by Gasteiger charge is 2.34. The van der Waals surface area contributed by atoms with Crippen LogP contribution in [0.4, 0.5) is 17.6 Å². The summed E-state index contributed by atoms with van der Waals surface area (Å²) in [6.07, 6.45) is -3.24. The van der Waals surface area contributed by atoms with E-state index in [2.05, 4.69) is 15.3 Å².